The number of halogens is 3. The monoisotopic (exact) mass is 228 g/mol. The van der Waals surface area contributed by atoms with Gasteiger partial charge in [0.15, 0.2) is 0 Å². The molecule has 1 heterocycles. The van der Waals surface area contributed by atoms with Crippen molar-refractivity contribution in [2.75, 3.05) is 13.2 Å². The number of hydrogen-bond acceptors (Lipinski definition) is 2. The molecule has 14 heavy (non-hydrogen) atoms. The van der Waals surface area contributed by atoms with E-state index in [0.717, 1.165) is 19.3 Å². The Kier molecular flexibility index (Phi) is 3.97. The lowest BCUT2D eigenvalue weighted by atomic mass is 10.2. The van der Waals surface area contributed by atoms with Crippen LogP contribution in [0.4, 0.5) is 13.2 Å². The summed E-state index contributed by atoms with van der Waals surface area (Å²) in [5.74, 6) is 0. The molecule has 2 nitrogen and oxygen atoms in total. The average molecular weight is 228 g/mol. The minimum Gasteiger partial charge on any atom is -0.355 e. The predicted molar refractivity (Wildman–Crippen MR) is 49.1 cm³/mol. The number of hydrogen-bond donors (Lipinski definition) is 0. The minimum atomic E-state index is -4.13. The molecule has 0 bridgehead atoms. The van der Waals surface area contributed by atoms with Gasteiger partial charge in [0.1, 0.15) is 5.41 Å². The molecule has 1 aliphatic heterocycles. The van der Waals surface area contributed by atoms with Gasteiger partial charge >= 0.3 is 6.18 Å². The van der Waals surface area contributed by atoms with Gasteiger partial charge in [-0.05, 0) is 19.3 Å². The van der Waals surface area contributed by atoms with Crippen LogP contribution in [0.2, 0.25) is 0 Å². The summed E-state index contributed by atoms with van der Waals surface area (Å²) in [6.45, 7) is 0.322. The molecule has 1 fully saturated rings. The fourth-order valence-corrected chi connectivity index (χ4v) is 2.17. The SMILES string of the molecule is FC(F)(F)CCOC1([SiH3])CCCCO1. The van der Waals surface area contributed by atoms with Crippen LogP contribution in [0, 0.1) is 0 Å². The van der Waals surface area contributed by atoms with Gasteiger partial charge < -0.3 is 9.47 Å². The first-order valence-electron chi connectivity index (χ1n) is 4.76. The van der Waals surface area contributed by atoms with Gasteiger partial charge in [-0.3, -0.25) is 0 Å². The zero-order chi connectivity index (χ0) is 10.7. The first kappa shape index (κ1) is 12.0. The van der Waals surface area contributed by atoms with Gasteiger partial charge in [-0.2, -0.15) is 13.2 Å². The Morgan fingerprint density at radius 3 is 2.57 bits per heavy atom. The maximum Gasteiger partial charge on any atom is 0.391 e. The number of ether oxygens (including phenoxy) is 2. The van der Waals surface area contributed by atoms with E-state index in [9.17, 15) is 13.2 Å². The van der Waals surface area contributed by atoms with E-state index in [0.29, 0.717) is 16.8 Å². The quantitative estimate of drug-likeness (QED) is 0.675. The van der Waals surface area contributed by atoms with Crippen molar-refractivity contribution in [3.05, 3.63) is 0 Å². The zero-order valence-electron chi connectivity index (χ0n) is 8.19. The lowest BCUT2D eigenvalue weighted by Gasteiger charge is -2.34. The molecular formula is C8H15F3O2Si. The van der Waals surface area contributed by atoms with Crippen LogP contribution < -0.4 is 0 Å². The maximum absolute atomic E-state index is 11.8. The zero-order valence-corrected chi connectivity index (χ0v) is 10.2. The van der Waals surface area contributed by atoms with Crippen molar-refractivity contribution in [1.82, 2.24) is 0 Å². The minimum absolute atomic E-state index is 0.285. The summed E-state index contributed by atoms with van der Waals surface area (Å²) < 4.78 is 46.0. The van der Waals surface area contributed by atoms with Gasteiger partial charge in [0.25, 0.3) is 0 Å². The molecule has 6 heteroatoms. The van der Waals surface area contributed by atoms with Gasteiger partial charge in [0, 0.05) is 6.61 Å². The Balaban J connectivity index is 2.22. The van der Waals surface area contributed by atoms with E-state index in [1.54, 1.807) is 0 Å². The first-order chi connectivity index (χ1) is 6.41. The molecule has 0 saturated carbocycles. The molecule has 0 aromatic rings. The summed E-state index contributed by atoms with van der Waals surface area (Å²) >= 11 is 0. The molecule has 0 amide bonds. The molecule has 1 atom stereocenters. The highest BCUT2D eigenvalue weighted by molar-refractivity contribution is 6.13. The van der Waals surface area contributed by atoms with E-state index in [1.807, 2.05) is 0 Å². The van der Waals surface area contributed by atoms with E-state index in [1.165, 1.54) is 0 Å². The van der Waals surface area contributed by atoms with Crippen molar-refractivity contribution >= 4 is 10.2 Å². The average Bonchev–Trinajstić information content (AvgIpc) is 2.02. The van der Waals surface area contributed by atoms with Crippen LogP contribution in [0.3, 0.4) is 0 Å². The number of alkyl halides is 3. The second-order valence-corrected chi connectivity index (χ2v) is 5.18. The van der Waals surface area contributed by atoms with Crippen molar-refractivity contribution < 1.29 is 22.6 Å². The summed E-state index contributed by atoms with van der Waals surface area (Å²) in [6.07, 6.45) is -2.33. The fourth-order valence-electron chi connectivity index (χ4n) is 1.40. The topological polar surface area (TPSA) is 18.5 Å². The molecule has 0 aliphatic carbocycles. The number of rotatable bonds is 3. The summed E-state index contributed by atoms with van der Waals surface area (Å²) in [5.41, 5.74) is -0.663. The Labute approximate surface area is 84.2 Å². The van der Waals surface area contributed by atoms with Crippen LogP contribution in [-0.2, 0) is 9.47 Å². The van der Waals surface area contributed by atoms with Gasteiger partial charge in [-0.25, -0.2) is 0 Å². The lowest BCUT2D eigenvalue weighted by molar-refractivity contribution is -0.216. The standard InChI is InChI=1S/C8H15F3O2Si/c9-7(10,11)4-6-13-8(14)3-1-2-5-12-8/h1-6H2,14H3. The van der Waals surface area contributed by atoms with Crippen molar-refractivity contribution in [1.29, 1.82) is 0 Å². The largest absolute Gasteiger partial charge is 0.391 e. The van der Waals surface area contributed by atoms with Gasteiger partial charge in [0.05, 0.1) is 23.3 Å². The van der Waals surface area contributed by atoms with Crippen molar-refractivity contribution in [3.8, 4) is 0 Å². The van der Waals surface area contributed by atoms with Crippen LogP contribution in [0.5, 0.6) is 0 Å². The Morgan fingerprint density at radius 1 is 1.36 bits per heavy atom. The molecule has 1 unspecified atom stereocenters. The molecular weight excluding hydrogens is 213 g/mol. The fraction of sp³-hybridized carbons (Fsp3) is 1.00. The van der Waals surface area contributed by atoms with Gasteiger partial charge in [0.2, 0.25) is 0 Å². The van der Waals surface area contributed by atoms with Crippen LogP contribution in [0.15, 0.2) is 0 Å². The molecule has 1 saturated heterocycles. The van der Waals surface area contributed by atoms with Gasteiger partial charge in [-0.1, -0.05) is 0 Å². The summed E-state index contributed by atoms with van der Waals surface area (Å²) in [4.78, 5) is 0. The first-order valence-corrected chi connectivity index (χ1v) is 5.76. The summed E-state index contributed by atoms with van der Waals surface area (Å²) in [5, 5.41) is 0. The van der Waals surface area contributed by atoms with Crippen LogP contribution in [0.1, 0.15) is 25.7 Å². The Hall–Kier alpha value is -0.0731. The smallest absolute Gasteiger partial charge is 0.355 e. The third-order valence-corrected chi connectivity index (χ3v) is 3.30. The lowest BCUT2D eigenvalue weighted by Crippen LogP contribution is -2.40. The van der Waals surface area contributed by atoms with Crippen molar-refractivity contribution in [2.24, 2.45) is 0 Å². The molecule has 84 valence electrons. The highest BCUT2D eigenvalue weighted by atomic mass is 28.1. The molecule has 0 radical (unpaired) electrons. The van der Waals surface area contributed by atoms with E-state index >= 15 is 0 Å². The normalized spacial score (nSPS) is 29.4. The third kappa shape index (κ3) is 4.43. The van der Waals surface area contributed by atoms with Gasteiger partial charge in [-0.15, -0.1) is 0 Å². The van der Waals surface area contributed by atoms with Crippen molar-refractivity contribution in [3.63, 3.8) is 0 Å². The second kappa shape index (κ2) is 4.63. The summed E-state index contributed by atoms with van der Waals surface area (Å²) in [7, 11) is 0.619. The molecule has 0 N–H and O–H groups in total. The third-order valence-electron chi connectivity index (χ3n) is 2.23. The Morgan fingerprint density at radius 2 is 2.07 bits per heavy atom. The second-order valence-electron chi connectivity index (χ2n) is 3.65. The van der Waals surface area contributed by atoms with E-state index in [-0.39, 0.29) is 6.61 Å². The molecule has 0 aromatic carbocycles. The molecule has 1 rings (SSSR count). The van der Waals surface area contributed by atoms with E-state index in [4.69, 9.17) is 9.47 Å². The Bertz CT molecular complexity index is 178. The maximum atomic E-state index is 11.8. The summed E-state index contributed by atoms with van der Waals surface area (Å²) in [6, 6.07) is 0. The van der Waals surface area contributed by atoms with E-state index < -0.39 is 18.0 Å². The molecule has 0 aromatic heterocycles. The predicted octanol–water partition coefficient (Wildman–Crippen LogP) is 1.18. The highest BCUT2D eigenvalue weighted by Crippen LogP contribution is 2.25. The van der Waals surface area contributed by atoms with Crippen molar-refractivity contribution in [2.45, 2.75) is 37.3 Å². The highest BCUT2D eigenvalue weighted by Gasteiger charge is 2.31. The van der Waals surface area contributed by atoms with Crippen LogP contribution in [-0.4, -0.2) is 35.0 Å². The van der Waals surface area contributed by atoms with Crippen LogP contribution >= 0.6 is 0 Å². The molecule has 1 aliphatic rings. The van der Waals surface area contributed by atoms with E-state index in [2.05, 4.69) is 0 Å². The van der Waals surface area contributed by atoms with Crippen LogP contribution in [0.25, 0.3) is 0 Å². The molecule has 0 spiro atoms.